The van der Waals surface area contributed by atoms with E-state index >= 15 is 0 Å². The summed E-state index contributed by atoms with van der Waals surface area (Å²) in [5.74, 6) is 1.31. The van der Waals surface area contributed by atoms with Gasteiger partial charge < -0.3 is 9.84 Å². The van der Waals surface area contributed by atoms with Crippen LogP contribution in [0.25, 0.3) is 6.08 Å². The molecule has 0 fully saturated rings. The van der Waals surface area contributed by atoms with E-state index in [4.69, 9.17) is 4.74 Å². The Morgan fingerprint density at radius 3 is 2.19 bits per heavy atom. The van der Waals surface area contributed by atoms with Crippen LogP contribution in [-0.2, 0) is 6.42 Å². The van der Waals surface area contributed by atoms with Crippen molar-refractivity contribution >= 4 is 6.08 Å². The second kappa shape index (κ2) is 8.53. The number of ether oxygens (including phenoxy) is 1. The van der Waals surface area contributed by atoms with Crippen molar-refractivity contribution in [2.24, 2.45) is 0 Å². The van der Waals surface area contributed by atoms with E-state index < -0.39 is 0 Å². The Morgan fingerprint density at radius 2 is 1.45 bits per heavy atom. The van der Waals surface area contributed by atoms with Crippen LogP contribution in [0.1, 0.15) is 39.8 Å². The molecule has 2 heteroatoms. The summed E-state index contributed by atoms with van der Waals surface area (Å²) in [6.45, 7) is 0. The molecule has 0 aliphatic carbocycles. The number of benzene rings is 4. The van der Waals surface area contributed by atoms with Gasteiger partial charge in [-0.1, -0.05) is 97.1 Å². The Morgan fingerprint density at radius 1 is 0.742 bits per heavy atom. The SMILES string of the molecule is Oc1ccc([C@H]2Oc3ccc(C/C=C/c4ccccc4)cc3[C@@H]2c2ccccc2)cc1. The van der Waals surface area contributed by atoms with Crippen LogP contribution in [0.15, 0.2) is 109 Å². The highest BCUT2D eigenvalue weighted by molar-refractivity contribution is 5.53. The largest absolute Gasteiger partial charge is 0.508 e. The normalized spacial score (nSPS) is 17.4. The summed E-state index contributed by atoms with van der Waals surface area (Å²) < 4.78 is 6.43. The van der Waals surface area contributed by atoms with Gasteiger partial charge in [-0.2, -0.15) is 0 Å². The van der Waals surface area contributed by atoms with Gasteiger partial charge in [-0.15, -0.1) is 0 Å². The van der Waals surface area contributed by atoms with Gasteiger partial charge >= 0.3 is 0 Å². The van der Waals surface area contributed by atoms with Crippen LogP contribution >= 0.6 is 0 Å². The zero-order valence-corrected chi connectivity index (χ0v) is 17.2. The maximum atomic E-state index is 9.71. The topological polar surface area (TPSA) is 29.5 Å². The standard InChI is InChI=1S/C29H24O2/c30-25-17-15-24(16-18-25)29-28(23-12-5-2-6-13-23)26-20-22(14-19-27(26)31-29)11-7-10-21-8-3-1-4-9-21/h1-10,12-20,28-30H,11H2/b10-7+/t28-,29+/m0/s1. The molecular weight excluding hydrogens is 380 g/mol. The van der Waals surface area contributed by atoms with Gasteiger partial charge in [0.25, 0.3) is 0 Å². The summed E-state index contributed by atoms with van der Waals surface area (Å²) >= 11 is 0. The molecule has 0 bridgehead atoms. The minimum Gasteiger partial charge on any atom is -0.508 e. The Kier molecular flexibility index (Phi) is 5.28. The molecule has 4 aromatic carbocycles. The van der Waals surface area contributed by atoms with Crippen LogP contribution in [0.3, 0.4) is 0 Å². The molecule has 1 N–H and O–H groups in total. The van der Waals surface area contributed by atoms with Gasteiger partial charge in [0.15, 0.2) is 0 Å². The number of hydrogen-bond acceptors (Lipinski definition) is 2. The maximum Gasteiger partial charge on any atom is 0.135 e. The van der Waals surface area contributed by atoms with E-state index in [-0.39, 0.29) is 17.8 Å². The van der Waals surface area contributed by atoms with E-state index in [9.17, 15) is 5.11 Å². The molecule has 1 heterocycles. The second-order valence-electron chi connectivity index (χ2n) is 7.91. The third kappa shape index (κ3) is 4.10. The van der Waals surface area contributed by atoms with Gasteiger partial charge in [-0.25, -0.2) is 0 Å². The maximum absolute atomic E-state index is 9.71. The molecule has 0 saturated carbocycles. The minimum absolute atomic E-state index is 0.110. The van der Waals surface area contributed by atoms with Gasteiger partial charge in [0.1, 0.15) is 17.6 Å². The molecule has 152 valence electrons. The number of hydrogen-bond donors (Lipinski definition) is 1. The molecule has 0 aromatic heterocycles. The number of phenols is 1. The van der Waals surface area contributed by atoms with Gasteiger partial charge in [-0.05, 0) is 46.9 Å². The number of allylic oxidation sites excluding steroid dienone is 1. The lowest BCUT2D eigenvalue weighted by Crippen LogP contribution is -2.11. The summed E-state index contributed by atoms with van der Waals surface area (Å²) in [7, 11) is 0. The third-order valence-electron chi connectivity index (χ3n) is 5.81. The van der Waals surface area contributed by atoms with Crippen molar-refractivity contribution in [2.75, 3.05) is 0 Å². The average molecular weight is 405 g/mol. The lowest BCUT2D eigenvalue weighted by Gasteiger charge is -2.20. The van der Waals surface area contributed by atoms with Gasteiger partial charge in [0.05, 0.1) is 5.92 Å². The molecule has 0 radical (unpaired) electrons. The molecule has 5 rings (SSSR count). The summed E-state index contributed by atoms with van der Waals surface area (Å²) in [6.07, 6.45) is 5.13. The van der Waals surface area contributed by atoms with E-state index in [0.29, 0.717) is 0 Å². The van der Waals surface area contributed by atoms with Crippen molar-refractivity contribution in [3.8, 4) is 11.5 Å². The van der Waals surface area contributed by atoms with E-state index in [0.717, 1.165) is 17.7 Å². The predicted molar refractivity (Wildman–Crippen MR) is 125 cm³/mol. The average Bonchev–Trinajstić information content (AvgIpc) is 3.20. The van der Waals surface area contributed by atoms with Gasteiger partial charge in [-0.3, -0.25) is 0 Å². The first-order chi connectivity index (χ1) is 15.3. The van der Waals surface area contributed by atoms with Crippen molar-refractivity contribution in [1.82, 2.24) is 0 Å². The lowest BCUT2D eigenvalue weighted by molar-refractivity contribution is 0.222. The first kappa shape index (κ1) is 19.2. The Bertz CT molecular complexity index is 1180. The highest BCUT2D eigenvalue weighted by atomic mass is 16.5. The number of phenolic OH excluding ortho intramolecular Hbond substituents is 1. The van der Waals surface area contributed by atoms with Crippen molar-refractivity contribution in [3.05, 3.63) is 137 Å². The highest BCUT2D eigenvalue weighted by Crippen LogP contribution is 2.49. The molecule has 2 atom stereocenters. The Hall–Kier alpha value is -3.78. The van der Waals surface area contributed by atoms with E-state index in [2.05, 4.69) is 78.9 Å². The zero-order valence-electron chi connectivity index (χ0n) is 17.2. The van der Waals surface area contributed by atoms with Crippen LogP contribution in [-0.4, -0.2) is 5.11 Å². The van der Waals surface area contributed by atoms with Crippen LogP contribution in [0.4, 0.5) is 0 Å². The van der Waals surface area contributed by atoms with Gasteiger partial charge in [0, 0.05) is 5.56 Å². The molecular formula is C29H24O2. The van der Waals surface area contributed by atoms with E-state index in [1.54, 1.807) is 12.1 Å². The van der Waals surface area contributed by atoms with Crippen LogP contribution in [0.2, 0.25) is 0 Å². The van der Waals surface area contributed by atoms with Crippen LogP contribution < -0.4 is 4.74 Å². The van der Waals surface area contributed by atoms with Crippen molar-refractivity contribution in [3.63, 3.8) is 0 Å². The smallest absolute Gasteiger partial charge is 0.135 e. The van der Waals surface area contributed by atoms with Crippen molar-refractivity contribution in [2.45, 2.75) is 18.4 Å². The number of fused-ring (bicyclic) bond motifs is 1. The molecule has 31 heavy (non-hydrogen) atoms. The van der Waals surface area contributed by atoms with E-state index in [1.165, 1.54) is 22.3 Å². The number of rotatable bonds is 5. The summed E-state index contributed by atoms with van der Waals surface area (Å²) in [4.78, 5) is 0. The molecule has 0 unspecified atom stereocenters. The molecule has 0 spiro atoms. The summed E-state index contributed by atoms with van der Waals surface area (Å²) in [6, 6.07) is 34.8. The first-order valence-electron chi connectivity index (χ1n) is 10.6. The quantitative estimate of drug-likeness (QED) is 0.391. The Labute approximate surface area is 183 Å². The fourth-order valence-corrected chi connectivity index (χ4v) is 4.28. The highest BCUT2D eigenvalue weighted by Gasteiger charge is 2.36. The molecule has 0 amide bonds. The lowest BCUT2D eigenvalue weighted by atomic mass is 9.84. The van der Waals surface area contributed by atoms with E-state index in [1.807, 2.05) is 24.3 Å². The monoisotopic (exact) mass is 404 g/mol. The molecule has 2 nitrogen and oxygen atoms in total. The van der Waals surface area contributed by atoms with Crippen LogP contribution in [0, 0.1) is 0 Å². The van der Waals surface area contributed by atoms with Crippen LogP contribution in [0.5, 0.6) is 11.5 Å². The molecule has 0 saturated heterocycles. The molecule has 1 aliphatic rings. The fourth-order valence-electron chi connectivity index (χ4n) is 4.28. The van der Waals surface area contributed by atoms with Crippen molar-refractivity contribution < 1.29 is 9.84 Å². The molecule has 4 aromatic rings. The Balaban J connectivity index is 1.47. The summed E-state index contributed by atoms with van der Waals surface area (Å²) in [5.41, 5.74) is 5.99. The molecule has 1 aliphatic heterocycles. The fraction of sp³-hybridized carbons (Fsp3) is 0.103. The van der Waals surface area contributed by atoms with Crippen molar-refractivity contribution in [1.29, 1.82) is 0 Å². The third-order valence-corrected chi connectivity index (χ3v) is 5.81. The number of aromatic hydroxyl groups is 1. The zero-order chi connectivity index (χ0) is 21.0. The predicted octanol–water partition coefficient (Wildman–Crippen LogP) is 6.91. The first-order valence-corrected chi connectivity index (χ1v) is 10.6. The minimum atomic E-state index is -0.117. The second-order valence-corrected chi connectivity index (χ2v) is 7.91. The van der Waals surface area contributed by atoms with Gasteiger partial charge in [0.2, 0.25) is 0 Å². The summed E-state index contributed by atoms with van der Waals surface area (Å²) in [5, 5.41) is 9.71.